The summed E-state index contributed by atoms with van der Waals surface area (Å²) in [6.07, 6.45) is 2.11. The van der Waals surface area contributed by atoms with E-state index < -0.39 is 5.92 Å². The van der Waals surface area contributed by atoms with Gasteiger partial charge in [0.1, 0.15) is 11.6 Å². The molecule has 0 radical (unpaired) electrons. The Hall–Kier alpha value is -2.54. The molecule has 7 heteroatoms. The van der Waals surface area contributed by atoms with Crippen LogP contribution in [0.1, 0.15) is 50.2 Å². The summed E-state index contributed by atoms with van der Waals surface area (Å²) in [5, 5.41) is 4.18. The largest absolute Gasteiger partial charge is 0.497 e. The molecule has 1 aliphatic heterocycles. The number of fused-ring (bicyclic) bond motifs is 1. The van der Waals surface area contributed by atoms with E-state index in [2.05, 4.69) is 29.1 Å². The molecular formula is C21H23N3O3S. The number of Topliss-reactive ketones (excluding diaryl/α,β-unsaturated/α-hetero) is 1. The van der Waals surface area contributed by atoms with Crippen LogP contribution in [0.5, 0.6) is 5.75 Å². The van der Waals surface area contributed by atoms with Gasteiger partial charge in [0.25, 0.3) is 5.56 Å². The number of benzene rings is 1. The number of rotatable bonds is 4. The highest BCUT2D eigenvalue weighted by atomic mass is 32.2. The van der Waals surface area contributed by atoms with E-state index >= 15 is 0 Å². The normalized spacial score (nSPS) is 18.6. The van der Waals surface area contributed by atoms with Crippen LogP contribution in [0.15, 0.2) is 45.5 Å². The fraction of sp³-hybridized carbons (Fsp3) is 0.381. The third-order valence-corrected chi connectivity index (χ3v) is 5.92. The van der Waals surface area contributed by atoms with Crippen molar-refractivity contribution in [1.29, 1.82) is 0 Å². The van der Waals surface area contributed by atoms with Crippen molar-refractivity contribution >= 4 is 23.4 Å². The van der Waals surface area contributed by atoms with Gasteiger partial charge in [-0.2, -0.15) is 0 Å². The molecule has 1 atom stereocenters. The third kappa shape index (κ3) is 3.35. The van der Waals surface area contributed by atoms with E-state index in [9.17, 15) is 9.59 Å². The zero-order chi connectivity index (χ0) is 19.8. The zero-order valence-corrected chi connectivity index (χ0v) is 17.0. The molecule has 0 unspecified atom stereocenters. The molecule has 6 nitrogen and oxygen atoms in total. The molecule has 28 heavy (non-hydrogen) atoms. The Kier molecular flexibility index (Phi) is 5.02. The Labute approximate surface area is 167 Å². The lowest BCUT2D eigenvalue weighted by atomic mass is 9.76. The van der Waals surface area contributed by atoms with Gasteiger partial charge in [-0.15, -0.1) is 0 Å². The van der Waals surface area contributed by atoms with Crippen molar-refractivity contribution in [2.24, 2.45) is 0 Å². The Morgan fingerprint density at radius 1 is 1.18 bits per heavy atom. The van der Waals surface area contributed by atoms with Crippen LogP contribution in [0.2, 0.25) is 0 Å². The smallest absolute Gasteiger partial charge is 0.257 e. The number of carbonyl (C=O) groups excluding carboxylic acids is 1. The quantitative estimate of drug-likeness (QED) is 0.602. The SMILES string of the molecule is COc1ccc([C@@H]2C3=C(CCCC3=O)Nc3nc(SC(C)C)[nH]c(=O)c32)cc1. The predicted octanol–water partition coefficient (Wildman–Crippen LogP) is 3.84. The predicted molar refractivity (Wildman–Crippen MR) is 110 cm³/mol. The molecule has 0 bridgehead atoms. The van der Waals surface area contributed by atoms with Crippen LogP contribution < -0.4 is 15.6 Å². The second-order valence-corrected chi connectivity index (χ2v) is 8.87. The van der Waals surface area contributed by atoms with Crippen molar-refractivity contribution in [2.75, 3.05) is 12.4 Å². The molecule has 1 aliphatic carbocycles. The lowest BCUT2D eigenvalue weighted by Gasteiger charge is -2.32. The molecule has 2 aromatic rings. The minimum absolute atomic E-state index is 0.0975. The molecule has 146 valence electrons. The van der Waals surface area contributed by atoms with Gasteiger partial charge in [-0.3, -0.25) is 9.59 Å². The molecule has 0 fully saturated rings. The van der Waals surface area contributed by atoms with Crippen molar-refractivity contribution < 1.29 is 9.53 Å². The minimum atomic E-state index is -0.417. The number of aromatic nitrogens is 2. The number of thioether (sulfide) groups is 1. The number of ether oxygens (including phenoxy) is 1. The summed E-state index contributed by atoms with van der Waals surface area (Å²) in [6, 6.07) is 7.55. The van der Waals surface area contributed by atoms with E-state index in [1.807, 2.05) is 24.3 Å². The summed E-state index contributed by atoms with van der Waals surface area (Å²) in [5.41, 5.74) is 2.78. The number of ketones is 1. The first-order valence-electron chi connectivity index (χ1n) is 9.46. The van der Waals surface area contributed by atoms with Crippen molar-refractivity contribution in [3.8, 4) is 5.75 Å². The molecular weight excluding hydrogens is 374 g/mol. The third-order valence-electron chi connectivity index (χ3n) is 5.03. The Morgan fingerprint density at radius 2 is 1.93 bits per heavy atom. The number of anilines is 1. The van der Waals surface area contributed by atoms with E-state index in [0.717, 1.165) is 29.9 Å². The first-order chi connectivity index (χ1) is 13.5. The van der Waals surface area contributed by atoms with Gasteiger partial charge in [-0.05, 0) is 30.5 Å². The van der Waals surface area contributed by atoms with Crippen LogP contribution in [-0.2, 0) is 4.79 Å². The van der Waals surface area contributed by atoms with E-state index in [0.29, 0.717) is 33.8 Å². The first-order valence-corrected chi connectivity index (χ1v) is 10.3. The van der Waals surface area contributed by atoms with Crippen LogP contribution >= 0.6 is 11.8 Å². The van der Waals surface area contributed by atoms with Gasteiger partial charge in [0.15, 0.2) is 10.9 Å². The fourth-order valence-electron chi connectivity index (χ4n) is 3.85. The molecule has 1 aromatic carbocycles. The number of nitrogens with one attached hydrogen (secondary N) is 2. The highest BCUT2D eigenvalue weighted by Gasteiger charge is 2.37. The summed E-state index contributed by atoms with van der Waals surface area (Å²) < 4.78 is 5.26. The van der Waals surface area contributed by atoms with Gasteiger partial charge in [-0.1, -0.05) is 37.7 Å². The van der Waals surface area contributed by atoms with Gasteiger partial charge in [0, 0.05) is 28.9 Å². The second kappa shape index (κ2) is 7.47. The van der Waals surface area contributed by atoms with E-state index in [-0.39, 0.29) is 11.3 Å². The molecule has 4 rings (SSSR count). The lowest BCUT2D eigenvalue weighted by molar-refractivity contribution is -0.116. The number of hydrogen-bond donors (Lipinski definition) is 2. The van der Waals surface area contributed by atoms with Crippen LogP contribution in [-0.4, -0.2) is 28.1 Å². The molecule has 0 amide bonds. The minimum Gasteiger partial charge on any atom is -0.497 e. The number of allylic oxidation sites excluding steroid dienone is 2. The first kappa shape index (κ1) is 18.8. The van der Waals surface area contributed by atoms with Crippen LogP contribution in [0, 0.1) is 0 Å². The maximum Gasteiger partial charge on any atom is 0.257 e. The second-order valence-electron chi connectivity index (χ2n) is 7.30. The van der Waals surface area contributed by atoms with Gasteiger partial charge < -0.3 is 15.0 Å². The standard InChI is InChI=1S/C21H23N3O3S/c1-11(2)28-21-23-19-18(20(26)24-21)16(12-7-9-13(27-3)10-8-12)17-14(22-19)5-4-6-15(17)25/h7-11,16H,4-6H2,1-3H3,(H2,22,23,24,26)/t16-/m1/s1. The monoisotopic (exact) mass is 397 g/mol. The number of hydrogen-bond acceptors (Lipinski definition) is 6. The summed E-state index contributed by atoms with van der Waals surface area (Å²) in [6.45, 7) is 4.11. The molecule has 0 saturated heterocycles. The summed E-state index contributed by atoms with van der Waals surface area (Å²) in [7, 11) is 1.61. The van der Waals surface area contributed by atoms with E-state index in [1.165, 1.54) is 11.8 Å². The molecule has 2 heterocycles. The number of carbonyl (C=O) groups is 1. The van der Waals surface area contributed by atoms with Crippen molar-refractivity contribution in [3.05, 3.63) is 57.0 Å². The van der Waals surface area contributed by atoms with Crippen molar-refractivity contribution in [2.45, 2.75) is 49.4 Å². The fourth-order valence-corrected chi connectivity index (χ4v) is 4.59. The molecule has 0 saturated carbocycles. The Morgan fingerprint density at radius 3 is 2.61 bits per heavy atom. The number of H-pyrrole nitrogens is 1. The highest BCUT2D eigenvalue weighted by Crippen LogP contribution is 2.43. The Bertz CT molecular complexity index is 1010. The number of methoxy groups -OCH3 is 1. The Balaban J connectivity index is 1.89. The van der Waals surface area contributed by atoms with Gasteiger partial charge >= 0.3 is 0 Å². The average molecular weight is 398 g/mol. The number of nitrogens with zero attached hydrogens (tertiary/aromatic N) is 1. The molecule has 2 aliphatic rings. The van der Waals surface area contributed by atoms with Crippen molar-refractivity contribution in [3.63, 3.8) is 0 Å². The van der Waals surface area contributed by atoms with E-state index in [4.69, 9.17) is 4.74 Å². The van der Waals surface area contributed by atoms with Gasteiger partial charge in [0.05, 0.1) is 12.7 Å². The maximum absolute atomic E-state index is 13.0. The summed E-state index contributed by atoms with van der Waals surface area (Å²) >= 11 is 1.51. The zero-order valence-electron chi connectivity index (χ0n) is 16.2. The van der Waals surface area contributed by atoms with Gasteiger partial charge in [-0.25, -0.2) is 4.98 Å². The maximum atomic E-state index is 13.0. The molecule has 0 spiro atoms. The van der Waals surface area contributed by atoms with E-state index in [1.54, 1.807) is 7.11 Å². The summed E-state index contributed by atoms with van der Waals surface area (Å²) in [5.74, 6) is 0.971. The summed E-state index contributed by atoms with van der Waals surface area (Å²) in [4.78, 5) is 33.4. The number of aromatic amines is 1. The van der Waals surface area contributed by atoms with Crippen molar-refractivity contribution in [1.82, 2.24) is 9.97 Å². The van der Waals surface area contributed by atoms with Crippen LogP contribution in [0.4, 0.5) is 5.82 Å². The average Bonchev–Trinajstić information content (AvgIpc) is 2.66. The topological polar surface area (TPSA) is 84.1 Å². The molecule has 2 N–H and O–H groups in total. The van der Waals surface area contributed by atoms with Crippen LogP contribution in [0.3, 0.4) is 0 Å². The van der Waals surface area contributed by atoms with Gasteiger partial charge in [0.2, 0.25) is 0 Å². The highest BCUT2D eigenvalue weighted by molar-refractivity contribution is 7.99. The lowest BCUT2D eigenvalue weighted by Crippen LogP contribution is -2.32. The van der Waals surface area contributed by atoms with Crippen LogP contribution in [0.25, 0.3) is 0 Å². The molecule has 1 aromatic heterocycles.